The summed E-state index contributed by atoms with van der Waals surface area (Å²) < 4.78 is 5.38. The van der Waals surface area contributed by atoms with Gasteiger partial charge in [-0.2, -0.15) is 0 Å². The summed E-state index contributed by atoms with van der Waals surface area (Å²) in [7, 11) is 1.79. The van der Waals surface area contributed by atoms with E-state index in [2.05, 4.69) is 17.0 Å². The lowest BCUT2D eigenvalue weighted by molar-refractivity contribution is -0.119. The number of methoxy groups -OCH3 is 1. The Morgan fingerprint density at radius 3 is 2.76 bits per heavy atom. The van der Waals surface area contributed by atoms with Crippen molar-refractivity contribution in [2.45, 2.75) is 31.8 Å². The van der Waals surface area contributed by atoms with Gasteiger partial charge in [-0.3, -0.25) is 4.79 Å². The van der Waals surface area contributed by atoms with Crippen molar-refractivity contribution in [3.8, 4) is 0 Å². The van der Waals surface area contributed by atoms with Crippen LogP contribution in [-0.2, 0) is 16.0 Å². The first kappa shape index (κ1) is 14.5. The van der Waals surface area contributed by atoms with Crippen LogP contribution in [0.15, 0.2) is 24.3 Å². The Hall–Kier alpha value is -1.39. The number of hydrogen-bond acceptors (Lipinski definition) is 3. The predicted molar refractivity (Wildman–Crippen MR) is 83.6 cm³/mol. The molecule has 0 bridgehead atoms. The second-order valence-electron chi connectivity index (χ2n) is 5.95. The quantitative estimate of drug-likeness (QED) is 0.850. The summed E-state index contributed by atoms with van der Waals surface area (Å²) in [6.07, 6.45) is 4.17. The number of anilines is 1. The van der Waals surface area contributed by atoms with E-state index < -0.39 is 0 Å². The lowest BCUT2D eigenvalue weighted by Crippen LogP contribution is -2.39. The number of fused-ring (bicyclic) bond motifs is 1. The molecule has 0 N–H and O–H groups in total. The molecule has 3 rings (SSSR count). The van der Waals surface area contributed by atoms with Crippen LogP contribution in [0.1, 0.15) is 24.8 Å². The highest BCUT2D eigenvalue weighted by atomic mass is 16.5. The number of ether oxygens (including phenoxy) is 1. The first-order valence-corrected chi connectivity index (χ1v) is 7.91. The molecule has 4 nitrogen and oxygen atoms in total. The Morgan fingerprint density at radius 1 is 1.24 bits per heavy atom. The van der Waals surface area contributed by atoms with E-state index in [9.17, 15) is 4.79 Å². The monoisotopic (exact) mass is 288 g/mol. The van der Waals surface area contributed by atoms with Gasteiger partial charge in [-0.1, -0.05) is 18.2 Å². The molecule has 2 heterocycles. The number of carbonyl (C=O) groups is 1. The predicted octanol–water partition coefficient (Wildman–Crippen LogP) is 2.08. The lowest BCUT2D eigenvalue weighted by atomic mass is 10.1. The highest BCUT2D eigenvalue weighted by Crippen LogP contribution is 2.28. The summed E-state index contributed by atoms with van der Waals surface area (Å²) in [5.74, 6) is 0.258. The lowest BCUT2D eigenvalue weighted by Gasteiger charge is -2.31. The number of hydrogen-bond donors (Lipinski definition) is 0. The van der Waals surface area contributed by atoms with E-state index in [0.717, 1.165) is 51.1 Å². The number of rotatable bonds is 4. The third kappa shape index (κ3) is 3.27. The fourth-order valence-corrected chi connectivity index (χ4v) is 3.35. The summed E-state index contributed by atoms with van der Waals surface area (Å²) in [6.45, 7) is 3.79. The van der Waals surface area contributed by atoms with E-state index in [1.807, 2.05) is 17.0 Å². The van der Waals surface area contributed by atoms with Gasteiger partial charge in [-0.05, 0) is 30.9 Å². The standard InChI is InChI=1S/C17H24N2O2/c1-21-15-7-10-18(11-8-15)12-9-17(20)19-13-6-14-4-2-3-5-16(14)19/h2-5,15H,6-13H2,1H3. The van der Waals surface area contributed by atoms with E-state index in [-0.39, 0.29) is 5.91 Å². The molecule has 0 unspecified atom stereocenters. The average Bonchev–Trinajstić information content (AvgIpc) is 2.97. The van der Waals surface area contributed by atoms with E-state index in [0.29, 0.717) is 12.5 Å². The highest BCUT2D eigenvalue weighted by Gasteiger charge is 2.25. The van der Waals surface area contributed by atoms with Crippen molar-refractivity contribution in [3.63, 3.8) is 0 Å². The van der Waals surface area contributed by atoms with Crippen LogP contribution in [0.25, 0.3) is 0 Å². The molecule has 1 fully saturated rings. The Morgan fingerprint density at radius 2 is 2.00 bits per heavy atom. The van der Waals surface area contributed by atoms with E-state index >= 15 is 0 Å². The molecular formula is C17H24N2O2. The number of piperidine rings is 1. The molecule has 1 saturated heterocycles. The minimum atomic E-state index is 0.258. The molecule has 21 heavy (non-hydrogen) atoms. The summed E-state index contributed by atoms with van der Waals surface area (Å²) in [6, 6.07) is 8.25. The maximum atomic E-state index is 12.4. The number of benzene rings is 1. The minimum absolute atomic E-state index is 0.258. The van der Waals surface area contributed by atoms with Crippen molar-refractivity contribution < 1.29 is 9.53 Å². The van der Waals surface area contributed by atoms with Crippen LogP contribution in [0, 0.1) is 0 Å². The molecule has 2 aliphatic rings. The van der Waals surface area contributed by atoms with Gasteiger partial charge in [-0.15, -0.1) is 0 Å². The summed E-state index contributed by atoms with van der Waals surface area (Å²) in [4.78, 5) is 16.8. The molecule has 114 valence electrons. The molecule has 0 atom stereocenters. The number of para-hydroxylation sites is 1. The van der Waals surface area contributed by atoms with Crippen LogP contribution in [-0.4, -0.2) is 50.2 Å². The van der Waals surface area contributed by atoms with Crippen LogP contribution in [0.2, 0.25) is 0 Å². The second kappa shape index (κ2) is 6.58. The number of likely N-dealkylation sites (tertiary alicyclic amines) is 1. The summed E-state index contributed by atoms with van der Waals surface area (Å²) in [5.41, 5.74) is 2.41. The largest absolute Gasteiger partial charge is 0.381 e. The molecule has 2 aliphatic heterocycles. The summed E-state index contributed by atoms with van der Waals surface area (Å²) >= 11 is 0. The van der Waals surface area contributed by atoms with Crippen molar-refractivity contribution in [1.82, 2.24) is 4.90 Å². The van der Waals surface area contributed by atoms with Gasteiger partial charge < -0.3 is 14.5 Å². The topological polar surface area (TPSA) is 32.8 Å². The van der Waals surface area contributed by atoms with Crippen LogP contribution in [0.5, 0.6) is 0 Å². The molecule has 0 spiro atoms. The maximum Gasteiger partial charge on any atom is 0.228 e. The van der Waals surface area contributed by atoms with Gasteiger partial charge in [0.15, 0.2) is 0 Å². The Labute approximate surface area is 126 Å². The van der Waals surface area contributed by atoms with Crippen molar-refractivity contribution >= 4 is 11.6 Å². The van der Waals surface area contributed by atoms with Gasteiger partial charge in [0.2, 0.25) is 5.91 Å². The second-order valence-corrected chi connectivity index (χ2v) is 5.95. The fourth-order valence-electron chi connectivity index (χ4n) is 3.35. The van der Waals surface area contributed by atoms with Crippen LogP contribution in [0.4, 0.5) is 5.69 Å². The van der Waals surface area contributed by atoms with Crippen LogP contribution in [0.3, 0.4) is 0 Å². The SMILES string of the molecule is COC1CCN(CCC(=O)N2CCc3ccccc32)CC1. The summed E-state index contributed by atoms with van der Waals surface area (Å²) in [5, 5.41) is 0. The normalized spacial score (nSPS) is 19.8. The Bertz CT molecular complexity index is 495. The molecule has 0 saturated carbocycles. The highest BCUT2D eigenvalue weighted by molar-refractivity contribution is 5.95. The minimum Gasteiger partial charge on any atom is -0.381 e. The van der Waals surface area contributed by atoms with Crippen molar-refractivity contribution in [1.29, 1.82) is 0 Å². The maximum absolute atomic E-state index is 12.4. The first-order chi connectivity index (χ1) is 10.3. The molecule has 0 aliphatic carbocycles. The van der Waals surface area contributed by atoms with E-state index in [1.54, 1.807) is 7.11 Å². The van der Waals surface area contributed by atoms with Gasteiger partial charge in [0.1, 0.15) is 0 Å². The van der Waals surface area contributed by atoms with E-state index in [1.165, 1.54) is 5.56 Å². The third-order valence-electron chi connectivity index (χ3n) is 4.70. The molecule has 0 radical (unpaired) electrons. The molecule has 4 heteroatoms. The van der Waals surface area contributed by atoms with Gasteiger partial charge in [0, 0.05) is 45.4 Å². The van der Waals surface area contributed by atoms with Crippen molar-refractivity contribution in [2.75, 3.05) is 38.2 Å². The molecule has 1 aromatic rings. The van der Waals surface area contributed by atoms with Crippen LogP contribution >= 0.6 is 0 Å². The van der Waals surface area contributed by atoms with Gasteiger partial charge in [-0.25, -0.2) is 0 Å². The van der Waals surface area contributed by atoms with Crippen LogP contribution < -0.4 is 4.90 Å². The van der Waals surface area contributed by atoms with Gasteiger partial charge in [0.25, 0.3) is 0 Å². The molecule has 0 aromatic heterocycles. The average molecular weight is 288 g/mol. The smallest absolute Gasteiger partial charge is 0.228 e. The van der Waals surface area contributed by atoms with Gasteiger partial charge >= 0.3 is 0 Å². The van der Waals surface area contributed by atoms with Crippen molar-refractivity contribution in [2.24, 2.45) is 0 Å². The zero-order valence-corrected chi connectivity index (χ0v) is 12.8. The first-order valence-electron chi connectivity index (χ1n) is 7.91. The molecule has 1 aromatic carbocycles. The van der Waals surface area contributed by atoms with E-state index in [4.69, 9.17) is 4.74 Å². The van der Waals surface area contributed by atoms with Gasteiger partial charge in [0.05, 0.1) is 6.10 Å². The Balaban J connectivity index is 1.50. The third-order valence-corrected chi connectivity index (χ3v) is 4.70. The zero-order chi connectivity index (χ0) is 14.7. The Kier molecular flexibility index (Phi) is 4.56. The number of carbonyl (C=O) groups excluding carboxylic acids is 1. The molecular weight excluding hydrogens is 264 g/mol. The number of amides is 1. The fraction of sp³-hybridized carbons (Fsp3) is 0.588. The zero-order valence-electron chi connectivity index (χ0n) is 12.8. The molecule has 1 amide bonds. The number of nitrogens with zero attached hydrogens (tertiary/aromatic N) is 2. The van der Waals surface area contributed by atoms with Crippen molar-refractivity contribution in [3.05, 3.63) is 29.8 Å².